The predicted octanol–water partition coefficient (Wildman–Crippen LogP) is 11.9. The molecule has 0 bridgehead atoms. The maximum Gasteiger partial charge on any atom is 0.238 e. The molecule has 7 aromatic carbocycles. The lowest BCUT2D eigenvalue weighted by atomic mass is 9.82. The molecule has 52 heavy (non-hydrogen) atoms. The Labute approximate surface area is 302 Å². The lowest BCUT2D eigenvalue weighted by Gasteiger charge is -2.21. The molecular formula is C48H34N4. The average molecular weight is 667 g/mol. The summed E-state index contributed by atoms with van der Waals surface area (Å²) in [5, 5.41) is 2.37. The fourth-order valence-corrected chi connectivity index (χ4v) is 7.99. The molecule has 0 saturated heterocycles. The van der Waals surface area contributed by atoms with Crippen molar-refractivity contribution in [3.05, 3.63) is 181 Å². The monoisotopic (exact) mass is 666 g/mol. The fourth-order valence-electron chi connectivity index (χ4n) is 7.99. The summed E-state index contributed by atoms with van der Waals surface area (Å²) in [6.07, 6.45) is 0. The summed E-state index contributed by atoms with van der Waals surface area (Å²) in [5.41, 5.74) is 13.8. The van der Waals surface area contributed by atoms with Gasteiger partial charge in [-0.15, -0.1) is 0 Å². The molecule has 9 aromatic rings. The Bertz CT molecular complexity index is 2680. The van der Waals surface area contributed by atoms with E-state index < -0.39 is 0 Å². The van der Waals surface area contributed by atoms with Crippen molar-refractivity contribution in [1.82, 2.24) is 19.5 Å². The standard InChI is InChI=1S/C48H34N4/c1-48(2)41-19-11-9-17-37(41)39-30-44-40(29-42(39)48)38-18-10-12-20-43(38)52(44)47-50-45(35-25-21-33(22-26-35)31-13-5-3-6-14-31)49-46(51-47)36-27-23-34(24-28-36)32-15-7-4-8-16-32/h3-30H,1-2H3. The van der Waals surface area contributed by atoms with Crippen molar-refractivity contribution in [3.63, 3.8) is 0 Å². The molecule has 2 aromatic heterocycles. The highest BCUT2D eigenvalue weighted by molar-refractivity contribution is 6.11. The molecule has 0 fully saturated rings. The van der Waals surface area contributed by atoms with E-state index in [-0.39, 0.29) is 5.41 Å². The maximum atomic E-state index is 5.25. The van der Waals surface area contributed by atoms with Crippen molar-refractivity contribution in [2.75, 3.05) is 0 Å². The van der Waals surface area contributed by atoms with Gasteiger partial charge in [-0.25, -0.2) is 4.98 Å². The van der Waals surface area contributed by atoms with E-state index in [2.05, 4.69) is 176 Å². The van der Waals surface area contributed by atoms with Crippen LogP contribution in [0, 0.1) is 0 Å². The second kappa shape index (κ2) is 11.7. The molecule has 1 aliphatic carbocycles. The molecule has 1 aliphatic rings. The van der Waals surface area contributed by atoms with Gasteiger partial charge in [0, 0.05) is 27.3 Å². The third-order valence-electron chi connectivity index (χ3n) is 10.7. The number of rotatable bonds is 5. The summed E-state index contributed by atoms with van der Waals surface area (Å²) >= 11 is 0. The summed E-state index contributed by atoms with van der Waals surface area (Å²) in [6.45, 7) is 4.67. The quantitative estimate of drug-likeness (QED) is 0.184. The molecule has 4 heteroatoms. The number of para-hydroxylation sites is 1. The van der Waals surface area contributed by atoms with E-state index in [1.165, 1.54) is 44.2 Å². The van der Waals surface area contributed by atoms with Crippen molar-refractivity contribution in [2.24, 2.45) is 0 Å². The van der Waals surface area contributed by atoms with Gasteiger partial charge in [0.05, 0.1) is 11.0 Å². The van der Waals surface area contributed by atoms with E-state index >= 15 is 0 Å². The third kappa shape index (κ3) is 4.79. The second-order valence-electron chi connectivity index (χ2n) is 14.1. The zero-order valence-corrected chi connectivity index (χ0v) is 29.0. The minimum Gasteiger partial charge on any atom is -0.278 e. The summed E-state index contributed by atoms with van der Waals surface area (Å²) in [6, 6.07) is 60.1. The lowest BCUT2D eigenvalue weighted by Crippen LogP contribution is -2.14. The van der Waals surface area contributed by atoms with Crippen LogP contribution in [0.5, 0.6) is 0 Å². The van der Waals surface area contributed by atoms with Gasteiger partial charge in [-0.05, 0) is 62.7 Å². The zero-order valence-electron chi connectivity index (χ0n) is 29.0. The van der Waals surface area contributed by atoms with Gasteiger partial charge in [0.2, 0.25) is 5.95 Å². The Hall–Kier alpha value is -6.65. The normalized spacial score (nSPS) is 13.0. The van der Waals surface area contributed by atoms with E-state index in [9.17, 15) is 0 Å². The average Bonchev–Trinajstić information content (AvgIpc) is 3.65. The van der Waals surface area contributed by atoms with Crippen LogP contribution >= 0.6 is 0 Å². The maximum absolute atomic E-state index is 5.25. The second-order valence-corrected chi connectivity index (χ2v) is 14.1. The number of benzene rings is 7. The molecule has 0 unspecified atom stereocenters. The molecule has 0 radical (unpaired) electrons. The lowest BCUT2D eigenvalue weighted by molar-refractivity contribution is 0.661. The van der Waals surface area contributed by atoms with Gasteiger partial charge in [0.15, 0.2) is 11.6 Å². The largest absolute Gasteiger partial charge is 0.278 e. The van der Waals surface area contributed by atoms with Gasteiger partial charge in [-0.1, -0.05) is 166 Å². The van der Waals surface area contributed by atoms with Gasteiger partial charge in [-0.3, -0.25) is 4.57 Å². The minimum absolute atomic E-state index is 0.103. The van der Waals surface area contributed by atoms with E-state index in [1.807, 2.05) is 12.1 Å². The minimum atomic E-state index is -0.103. The van der Waals surface area contributed by atoms with Crippen LogP contribution in [0.4, 0.5) is 0 Å². The predicted molar refractivity (Wildman–Crippen MR) is 213 cm³/mol. The van der Waals surface area contributed by atoms with Gasteiger partial charge < -0.3 is 0 Å². The first kappa shape index (κ1) is 30.2. The van der Waals surface area contributed by atoms with Crippen molar-refractivity contribution in [1.29, 1.82) is 0 Å². The van der Waals surface area contributed by atoms with E-state index in [0.29, 0.717) is 17.6 Å². The SMILES string of the molecule is CC1(C)c2ccccc2-c2cc3c(cc21)c1ccccc1n3-c1nc(-c2ccc(-c3ccccc3)cc2)nc(-c2ccc(-c3ccccc3)cc2)n1. The summed E-state index contributed by atoms with van der Waals surface area (Å²) < 4.78 is 2.23. The molecule has 0 N–H and O–H groups in total. The molecule has 0 spiro atoms. The zero-order chi connectivity index (χ0) is 34.8. The van der Waals surface area contributed by atoms with Gasteiger partial charge in [0.1, 0.15) is 0 Å². The van der Waals surface area contributed by atoms with Crippen LogP contribution in [0.3, 0.4) is 0 Å². The van der Waals surface area contributed by atoms with Crippen molar-refractivity contribution in [3.8, 4) is 62.1 Å². The van der Waals surface area contributed by atoms with Crippen LogP contribution in [0.15, 0.2) is 170 Å². The first-order valence-corrected chi connectivity index (χ1v) is 17.8. The molecule has 10 rings (SSSR count). The molecule has 0 atom stereocenters. The first-order valence-electron chi connectivity index (χ1n) is 17.8. The van der Waals surface area contributed by atoms with E-state index in [0.717, 1.165) is 33.3 Å². The number of hydrogen-bond acceptors (Lipinski definition) is 3. The van der Waals surface area contributed by atoms with Crippen molar-refractivity contribution < 1.29 is 0 Å². The summed E-state index contributed by atoms with van der Waals surface area (Å²) in [7, 11) is 0. The van der Waals surface area contributed by atoms with Gasteiger partial charge in [-0.2, -0.15) is 9.97 Å². The highest BCUT2D eigenvalue weighted by Gasteiger charge is 2.36. The number of aromatic nitrogens is 4. The molecule has 246 valence electrons. The molecule has 0 amide bonds. The van der Waals surface area contributed by atoms with Crippen molar-refractivity contribution in [2.45, 2.75) is 19.3 Å². The van der Waals surface area contributed by atoms with Crippen LogP contribution in [0.25, 0.3) is 83.9 Å². The Kier molecular flexibility index (Phi) is 6.80. The van der Waals surface area contributed by atoms with Crippen molar-refractivity contribution >= 4 is 21.8 Å². The molecule has 4 nitrogen and oxygen atoms in total. The van der Waals surface area contributed by atoms with E-state index in [1.54, 1.807) is 0 Å². The smallest absolute Gasteiger partial charge is 0.238 e. The van der Waals surface area contributed by atoms with E-state index in [4.69, 9.17) is 15.0 Å². The Balaban J connectivity index is 1.19. The topological polar surface area (TPSA) is 43.6 Å². The van der Waals surface area contributed by atoms with Crippen LogP contribution in [-0.2, 0) is 5.41 Å². The highest BCUT2D eigenvalue weighted by Crippen LogP contribution is 2.51. The Morgan fingerprint density at radius 1 is 0.385 bits per heavy atom. The number of hydrogen-bond donors (Lipinski definition) is 0. The molecule has 0 saturated carbocycles. The molecular weight excluding hydrogens is 633 g/mol. The third-order valence-corrected chi connectivity index (χ3v) is 10.7. The van der Waals surface area contributed by atoms with Crippen LogP contribution in [-0.4, -0.2) is 19.5 Å². The first-order chi connectivity index (χ1) is 25.5. The van der Waals surface area contributed by atoms with Crippen LogP contribution in [0.2, 0.25) is 0 Å². The number of nitrogens with zero attached hydrogens (tertiary/aromatic N) is 4. The van der Waals surface area contributed by atoms with Gasteiger partial charge >= 0.3 is 0 Å². The molecule has 2 heterocycles. The van der Waals surface area contributed by atoms with Gasteiger partial charge in [0.25, 0.3) is 0 Å². The Morgan fingerprint density at radius 2 is 0.885 bits per heavy atom. The fraction of sp³-hybridized carbons (Fsp3) is 0.0625. The van der Waals surface area contributed by atoms with Crippen LogP contribution < -0.4 is 0 Å². The summed E-state index contributed by atoms with van der Waals surface area (Å²) in [4.78, 5) is 15.6. The molecule has 0 aliphatic heterocycles. The number of fused-ring (bicyclic) bond motifs is 6. The highest BCUT2D eigenvalue weighted by atomic mass is 15.2. The Morgan fingerprint density at radius 3 is 1.50 bits per heavy atom. The summed E-state index contributed by atoms with van der Waals surface area (Å²) in [5.74, 6) is 1.85. The van der Waals surface area contributed by atoms with Crippen LogP contribution in [0.1, 0.15) is 25.0 Å².